The summed E-state index contributed by atoms with van der Waals surface area (Å²) in [5.41, 5.74) is 0.449. The first-order chi connectivity index (χ1) is 7.42. The van der Waals surface area contributed by atoms with Crippen LogP contribution in [0.25, 0.3) is 0 Å². The van der Waals surface area contributed by atoms with Crippen LogP contribution < -0.4 is 0 Å². The topological polar surface area (TPSA) is 51.1 Å². The lowest BCUT2D eigenvalue weighted by Crippen LogP contribution is -2.35. The second-order valence-electron chi connectivity index (χ2n) is 4.73. The average molecular weight is 228 g/mol. The van der Waals surface area contributed by atoms with Crippen LogP contribution in [0.4, 0.5) is 4.79 Å². The van der Waals surface area contributed by atoms with Gasteiger partial charge in [-0.25, -0.2) is 4.79 Å². The van der Waals surface area contributed by atoms with Crippen molar-refractivity contribution in [3.05, 3.63) is 0 Å². The Balaban J connectivity index is 2.44. The van der Waals surface area contributed by atoms with E-state index in [9.17, 15) is 4.79 Å². The van der Waals surface area contributed by atoms with Crippen LogP contribution in [-0.4, -0.2) is 42.0 Å². The summed E-state index contributed by atoms with van der Waals surface area (Å²) in [4.78, 5) is 18.3. The first-order valence-corrected chi connectivity index (χ1v) is 5.58. The lowest BCUT2D eigenvalue weighted by molar-refractivity contribution is 0.0302. The molecule has 1 rings (SSSR count). The minimum absolute atomic E-state index is 0.283. The number of carbonyl (C=O) groups excluding carboxylic acids is 1. The van der Waals surface area contributed by atoms with Gasteiger partial charge >= 0.3 is 6.09 Å². The molecule has 16 heavy (non-hydrogen) atoms. The van der Waals surface area contributed by atoms with Crippen LogP contribution in [0.15, 0.2) is 5.16 Å². The fraction of sp³-hybridized carbons (Fsp3) is 0.818. The summed E-state index contributed by atoms with van der Waals surface area (Å²) >= 11 is 0. The molecule has 92 valence electrons. The zero-order valence-corrected chi connectivity index (χ0v) is 10.4. The highest BCUT2D eigenvalue weighted by atomic mass is 16.6. The number of carbonyl (C=O) groups is 1. The van der Waals surface area contributed by atoms with Gasteiger partial charge in [0, 0.05) is 13.0 Å². The maximum atomic E-state index is 11.7. The van der Waals surface area contributed by atoms with Crippen LogP contribution in [0.2, 0.25) is 0 Å². The Kier molecular flexibility index (Phi) is 4.15. The van der Waals surface area contributed by atoms with Gasteiger partial charge in [0.1, 0.15) is 12.2 Å². The third kappa shape index (κ3) is 4.08. The van der Waals surface area contributed by atoms with Crippen LogP contribution in [0.1, 0.15) is 34.1 Å². The molecule has 0 radical (unpaired) electrons. The fourth-order valence-electron chi connectivity index (χ4n) is 1.36. The van der Waals surface area contributed by atoms with E-state index in [0.29, 0.717) is 19.7 Å². The van der Waals surface area contributed by atoms with Gasteiger partial charge in [-0.3, -0.25) is 0 Å². The molecule has 1 fully saturated rings. The Morgan fingerprint density at radius 1 is 1.50 bits per heavy atom. The van der Waals surface area contributed by atoms with E-state index >= 15 is 0 Å². The number of hydrogen-bond donors (Lipinski definition) is 0. The molecule has 1 saturated heterocycles. The molecule has 1 aliphatic rings. The molecule has 0 aliphatic carbocycles. The normalized spacial score (nSPS) is 19.0. The minimum atomic E-state index is -0.448. The number of amides is 1. The molecule has 0 unspecified atom stereocenters. The fourth-order valence-corrected chi connectivity index (χ4v) is 1.36. The van der Waals surface area contributed by atoms with Gasteiger partial charge in [-0.05, 0) is 27.7 Å². The van der Waals surface area contributed by atoms with Crippen LogP contribution in [0.3, 0.4) is 0 Å². The number of likely N-dealkylation sites (tertiary alicyclic amines) is 1. The number of nitrogens with zero attached hydrogens (tertiary/aromatic N) is 2. The quantitative estimate of drug-likeness (QED) is 0.679. The number of rotatable bonds is 2. The minimum Gasteiger partial charge on any atom is -0.444 e. The van der Waals surface area contributed by atoms with E-state index < -0.39 is 5.60 Å². The van der Waals surface area contributed by atoms with E-state index in [2.05, 4.69) is 5.16 Å². The van der Waals surface area contributed by atoms with Crippen LogP contribution in [-0.2, 0) is 9.57 Å². The highest BCUT2D eigenvalue weighted by Crippen LogP contribution is 2.13. The number of ether oxygens (including phenoxy) is 1. The van der Waals surface area contributed by atoms with Crippen molar-refractivity contribution in [2.24, 2.45) is 5.16 Å². The van der Waals surface area contributed by atoms with E-state index in [4.69, 9.17) is 9.57 Å². The maximum Gasteiger partial charge on any atom is 0.410 e. The summed E-state index contributed by atoms with van der Waals surface area (Å²) in [6.45, 7) is 9.17. The van der Waals surface area contributed by atoms with Crippen molar-refractivity contribution in [2.75, 3.05) is 19.7 Å². The van der Waals surface area contributed by atoms with Crippen LogP contribution in [0.5, 0.6) is 0 Å². The zero-order valence-electron chi connectivity index (χ0n) is 10.4. The van der Waals surface area contributed by atoms with Gasteiger partial charge in [-0.1, -0.05) is 5.16 Å². The monoisotopic (exact) mass is 228 g/mol. The number of oxime groups is 1. The van der Waals surface area contributed by atoms with Crippen molar-refractivity contribution < 1.29 is 14.4 Å². The van der Waals surface area contributed by atoms with Gasteiger partial charge in [0.2, 0.25) is 0 Å². The molecule has 1 heterocycles. The summed E-state index contributed by atoms with van der Waals surface area (Å²) in [6, 6.07) is 0. The first kappa shape index (κ1) is 12.8. The molecule has 5 nitrogen and oxygen atoms in total. The Bertz CT molecular complexity index is 281. The van der Waals surface area contributed by atoms with Crippen molar-refractivity contribution in [3.63, 3.8) is 0 Å². The highest BCUT2D eigenvalue weighted by molar-refractivity contribution is 5.91. The Morgan fingerprint density at radius 3 is 2.75 bits per heavy atom. The molecular weight excluding hydrogens is 208 g/mol. The standard InChI is InChI=1S/C11H20N2O3/c1-5-15-12-9-6-7-13(8-9)10(14)16-11(2,3)4/h5-8H2,1-4H3. The molecule has 0 atom stereocenters. The third-order valence-electron chi connectivity index (χ3n) is 2.02. The molecule has 0 bridgehead atoms. The molecule has 1 aliphatic heterocycles. The van der Waals surface area contributed by atoms with Gasteiger partial charge in [0.25, 0.3) is 0 Å². The molecule has 0 aromatic carbocycles. The van der Waals surface area contributed by atoms with Crippen LogP contribution in [0, 0.1) is 0 Å². The second kappa shape index (κ2) is 5.18. The zero-order chi connectivity index (χ0) is 12.2. The van der Waals surface area contributed by atoms with Gasteiger partial charge < -0.3 is 14.5 Å². The maximum absolute atomic E-state index is 11.7. The second-order valence-corrected chi connectivity index (χ2v) is 4.73. The lowest BCUT2D eigenvalue weighted by atomic mass is 10.2. The Morgan fingerprint density at radius 2 is 2.19 bits per heavy atom. The van der Waals surface area contributed by atoms with Crippen molar-refractivity contribution in [3.8, 4) is 0 Å². The van der Waals surface area contributed by atoms with Crippen molar-refractivity contribution in [1.29, 1.82) is 0 Å². The molecular formula is C11H20N2O3. The smallest absolute Gasteiger partial charge is 0.410 e. The molecule has 1 amide bonds. The average Bonchev–Trinajstić information content (AvgIpc) is 2.60. The van der Waals surface area contributed by atoms with Crippen molar-refractivity contribution >= 4 is 11.8 Å². The van der Waals surface area contributed by atoms with Gasteiger partial charge in [-0.2, -0.15) is 0 Å². The van der Waals surface area contributed by atoms with E-state index in [1.165, 1.54) is 0 Å². The predicted octanol–water partition coefficient (Wildman–Crippen LogP) is 2.02. The number of hydrogen-bond acceptors (Lipinski definition) is 4. The summed E-state index contributed by atoms with van der Waals surface area (Å²) in [5.74, 6) is 0. The van der Waals surface area contributed by atoms with Gasteiger partial charge in [0.05, 0.1) is 12.3 Å². The van der Waals surface area contributed by atoms with Gasteiger partial charge in [0.15, 0.2) is 0 Å². The SMILES string of the molecule is CCON=C1CCN(C(=O)OC(C)(C)C)C1. The van der Waals surface area contributed by atoms with E-state index in [-0.39, 0.29) is 6.09 Å². The molecule has 0 N–H and O–H groups in total. The lowest BCUT2D eigenvalue weighted by Gasteiger charge is -2.23. The van der Waals surface area contributed by atoms with E-state index in [1.807, 2.05) is 27.7 Å². The molecule has 0 saturated carbocycles. The third-order valence-corrected chi connectivity index (χ3v) is 2.02. The molecule has 5 heteroatoms. The van der Waals surface area contributed by atoms with Crippen molar-refractivity contribution in [2.45, 2.75) is 39.7 Å². The molecule has 0 aromatic rings. The molecule has 0 aromatic heterocycles. The molecule has 0 spiro atoms. The summed E-state index contributed by atoms with van der Waals surface area (Å²) < 4.78 is 5.27. The van der Waals surface area contributed by atoms with Crippen molar-refractivity contribution in [1.82, 2.24) is 4.90 Å². The Hall–Kier alpha value is -1.26. The highest BCUT2D eigenvalue weighted by Gasteiger charge is 2.27. The van der Waals surface area contributed by atoms with E-state index in [0.717, 1.165) is 12.1 Å². The summed E-state index contributed by atoms with van der Waals surface area (Å²) in [5, 5.41) is 3.94. The largest absolute Gasteiger partial charge is 0.444 e. The predicted molar refractivity (Wildman–Crippen MR) is 61.5 cm³/mol. The summed E-state index contributed by atoms with van der Waals surface area (Å²) in [6.07, 6.45) is 0.480. The van der Waals surface area contributed by atoms with Gasteiger partial charge in [-0.15, -0.1) is 0 Å². The first-order valence-electron chi connectivity index (χ1n) is 5.58. The summed E-state index contributed by atoms with van der Waals surface area (Å²) in [7, 11) is 0. The Labute approximate surface area is 96.4 Å². The van der Waals surface area contributed by atoms with Crippen LogP contribution >= 0.6 is 0 Å². The van der Waals surface area contributed by atoms with E-state index in [1.54, 1.807) is 4.90 Å².